The number of carbonyl (C=O) groups excluding carboxylic acids is 1. The average molecular weight is 349 g/mol. The molecule has 8 nitrogen and oxygen atoms in total. The van der Waals surface area contributed by atoms with Gasteiger partial charge >= 0.3 is 0 Å². The van der Waals surface area contributed by atoms with Crippen molar-refractivity contribution >= 4 is 23.3 Å². The maximum absolute atomic E-state index is 11.0. The van der Waals surface area contributed by atoms with Crippen molar-refractivity contribution in [2.75, 3.05) is 5.32 Å². The van der Waals surface area contributed by atoms with Crippen LogP contribution in [0.2, 0.25) is 0 Å². The van der Waals surface area contributed by atoms with Crippen LogP contribution < -0.4 is 5.32 Å². The standard InChI is InChI=1S/C18H19N7O/c19-7-5-15(12-3-1-2-4-12)25-10-13(9-22-25)16-14-6-8-20-17(14)23-24-18(16)21-11-26/h6,8-12,15H,1-5H2,(H,20,23)(H,21,24,26). The molecule has 4 rings (SSSR count). The molecule has 8 heteroatoms. The van der Waals surface area contributed by atoms with Gasteiger partial charge in [0.25, 0.3) is 0 Å². The molecule has 1 unspecified atom stereocenters. The minimum Gasteiger partial charge on any atom is -0.345 e. The predicted molar refractivity (Wildman–Crippen MR) is 96.0 cm³/mol. The van der Waals surface area contributed by atoms with Gasteiger partial charge in [-0.2, -0.15) is 10.4 Å². The van der Waals surface area contributed by atoms with E-state index < -0.39 is 0 Å². The molecule has 1 saturated carbocycles. The number of nitrogens with one attached hydrogen (secondary N) is 2. The second-order valence-corrected chi connectivity index (χ2v) is 6.61. The number of aromatic amines is 1. The Kier molecular flexibility index (Phi) is 4.35. The number of hydrogen-bond donors (Lipinski definition) is 2. The number of aromatic nitrogens is 5. The van der Waals surface area contributed by atoms with Crippen molar-refractivity contribution < 1.29 is 4.79 Å². The van der Waals surface area contributed by atoms with Crippen LogP contribution in [0.15, 0.2) is 24.7 Å². The average Bonchev–Trinajstić information content (AvgIpc) is 3.40. The van der Waals surface area contributed by atoms with E-state index in [0.717, 1.165) is 29.4 Å². The summed E-state index contributed by atoms with van der Waals surface area (Å²) in [4.78, 5) is 14.0. The van der Waals surface area contributed by atoms with Crippen LogP contribution in [0.4, 0.5) is 5.82 Å². The zero-order chi connectivity index (χ0) is 17.9. The van der Waals surface area contributed by atoms with Crippen LogP contribution in [0.5, 0.6) is 0 Å². The summed E-state index contributed by atoms with van der Waals surface area (Å²) in [6.45, 7) is 0. The Labute approximate surface area is 150 Å². The number of hydrogen-bond acceptors (Lipinski definition) is 5. The van der Waals surface area contributed by atoms with E-state index in [1.54, 1.807) is 12.4 Å². The fourth-order valence-electron chi connectivity index (χ4n) is 3.93. The predicted octanol–water partition coefficient (Wildman–Crippen LogP) is 3.03. The number of fused-ring (bicyclic) bond motifs is 1. The highest BCUT2D eigenvalue weighted by atomic mass is 16.1. The largest absolute Gasteiger partial charge is 0.345 e. The summed E-state index contributed by atoms with van der Waals surface area (Å²) in [5.74, 6) is 0.877. The Hall–Kier alpha value is -3.21. The maximum Gasteiger partial charge on any atom is 0.212 e. The number of carbonyl (C=O) groups is 1. The molecule has 0 aliphatic heterocycles. The van der Waals surface area contributed by atoms with Crippen LogP contribution in [0, 0.1) is 17.2 Å². The molecule has 3 aromatic rings. The lowest BCUT2D eigenvalue weighted by atomic mass is 9.96. The summed E-state index contributed by atoms with van der Waals surface area (Å²) in [6, 6.07) is 4.28. The summed E-state index contributed by atoms with van der Waals surface area (Å²) >= 11 is 0. The van der Waals surface area contributed by atoms with Gasteiger partial charge in [-0.3, -0.25) is 9.48 Å². The van der Waals surface area contributed by atoms with Crippen molar-refractivity contribution in [3.63, 3.8) is 0 Å². The molecular weight excluding hydrogens is 330 g/mol. The van der Waals surface area contributed by atoms with E-state index in [2.05, 4.69) is 31.7 Å². The first-order valence-corrected chi connectivity index (χ1v) is 8.77. The number of anilines is 1. The highest BCUT2D eigenvalue weighted by molar-refractivity contribution is 5.99. The molecule has 3 heterocycles. The second kappa shape index (κ2) is 6.96. The Balaban J connectivity index is 1.77. The van der Waals surface area contributed by atoms with Crippen LogP contribution >= 0.6 is 0 Å². The third-order valence-electron chi connectivity index (χ3n) is 5.15. The van der Waals surface area contributed by atoms with E-state index in [0.29, 0.717) is 30.2 Å². The van der Waals surface area contributed by atoms with E-state index >= 15 is 0 Å². The SMILES string of the molecule is N#CCC(C1CCCC1)n1cc(-c2c(NC=O)nnc3[nH]ccc23)cn1. The molecule has 1 atom stereocenters. The van der Waals surface area contributed by atoms with E-state index in [-0.39, 0.29) is 6.04 Å². The second-order valence-electron chi connectivity index (χ2n) is 6.61. The third-order valence-corrected chi connectivity index (χ3v) is 5.15. The van der Waals surface area contributed by atoms with Crippen molar-refractivity contribution in [3.05, 3.63) is 24.7 Å². The quantitative estimate of drug-likeness (QED) is 0.664. The number of rotatable bonds is 6. The Bertz CT molecular complexity index is 961. The van der Waals surface area contributed by atoms with E-state index in [9.17, 15) is 10.1 Å². The minimum atomic E-state index is 0.0789. The first-order chi connectivity index (χ1) is 12.8. The fourth-order valence-corrected chi connectivity index (χ4v) is 3.93. The van der Waals surface area contributed by atoms with E-state index in [1.807, 2.05) is 16.9 Å². The summed E-state index contributed by atoms with van der Waals surface area (Å²) in [7, 11) is 0. The number of H-pyrrole nitrogens is 1. The lowest BCUT2D eigenvalue weighted by Crippen LogP contribution is -2.17. The van der Waals surface area contributed by atoms with Gasteiger partial charge in [0.2, 0.25) is 6.41 Å². The van der Waals surface area contributed by atoms with Gasteiger partial charge in [-0.25, -0.2) is 0 Å². The topological polar surface area (TPSA) is 112 Å². The smallest absolute Gasteiger partial charge is 0.212 e. The number of nitrogens with zero attached hydrogens (tertiary/aromatic N) is 5. The molecule has 0 aromatic carbocycles. The van der Waals surface area contributed by atoms with E-state index in [1.165, 1.54) is 12.8 Å². The molecule has 2 N–H and O–H groups in total. The molecule has 1 fully saturated rings. The molecule has 0 bridgehead atoms. The monoisotopic (exact) mass is 349 g/mol. The summed E-state index contributed by atoms with van der Waals surface area (Å²) in [6.07, 6.45) is 11.2. The zero-order valence-electron chi connectivity index (χ0n) is 14.2. The molecule has 0 spiro atoms. The highest BCUT2D eigenvalue weighted by Gasteiger charge is 2.27. The highest BCUT2D eigenvalue weighted by Crippen LogP contribution is 2.38. The van der Waals surface area contributed by atoms with E-state index in [4.69, 9.17) is 0 Å². The minimum absolute atomic E-state index is 0.0789. The first-order valence-electron chi connectivity index (χ1n) is 8.77. The van der Waals surface area contributed by atoms with Gasteiger partial charge in [0.15, 0.2) is 11.5 Å². The molecule has 132 valence electrons. The molecule has 3 aromatic heterocycles. The van der Waals surface area contributed by atoms with Crippen molar-refractivity contribution in [2.45, 2.75) is 38.1 Å². The summed E-state index contributed by atoms with van der Waals surface area (Å²) < 4.78 is 1.90. The van der Waals surface area contributed by atoms with Gasteiger partial charge in [0.1, 0.15) is 0 Å². The van der Waals surface area contributed by atoms with Crippen LogP contribution in [0.1, 0.15) is 38.1 Å². The Morgan fingerprint density at radius 2 is 2.27 bits per heavy atom. The van der Waals surface area contributed by atoms with Gasteiger partial charge < -0.3 is 10.3 Å². The Morgan fingerprint density at radius 3 is 3.04 bits per heavy atom. The van der Waals surface area contributed by atoms with Gasteiger partial charge in [-0.1, -0.05) is 12.8 Å². The lowest BCUT2D eigenvalue weighted by molar-refractivity contribution is -0.105. The number of amides is 1. The number of nitriles is 1. The van der Waals surface area contributed by atoms with Crippen molar-refractivity contribution in [1.29, 1.82) is 5.26 Å². The molecule has 1 aliphatic carbocycles. The fraction of sp³-hybridized carbons (Fsp3) is 0.389. The molecule has 1 amide bonds. The van der Waals surface area contributed by atoms with Crippen molar-refractivity contribution in [3.8, 4) is 17.2 Å². The first kappa shape index (κ1) is 16.3. The maximum atomic E-state index is 11.0. The third kappa shape index (κ3) is 2.81. The van der Waals surface area contributed by atoms with Gasteiger partial charge in [-0.05, 0) is 24.8 Å². The van der Waals surface area contributed by atoms with Gasteiger partial charge in [0.05, 0.1) is 24.7 Å². The normalized spacial score (nSPS) is 15.8. The van der Waals surface area contributed by atoms with Crippen LogP contribution in [0.25, 0.3) is 22.2 Å². The van der Waals surface area contributed by atoms with Crippen LogP contribution in [-0.4, -0.2) is 31.4 Å². The van der Waals surface area contributed by atoms with Crippen molar-refractivity contribution in [1.82, 2.24) is 25.0 Å². The Morgan fingerprint density at radius 1 is 1.42 bits per heavy atom. The zero-order valence-corrected chi connectivity index (χ0v) is 14.2. The van der Waals surface area contributed by atoms with Crippen molar-refractivity contribution in [2.24, 2.45) is 5.92 Å². The molecule has 0 saturated heterocycles. The van der Waals surface area contributed by atoms with Gasteiger partial charge in [-0.15, -0.1) is 10.2 Å². The molecule has 0 radical (unpaired) electrons. The molecular formula is C18H19N7O. The van der Waals surface area contributed by atoms with Gasteiger partial charge in [0, 0.05) is 28.9 Å². The summed E-state index contributed by atoms with van der Waals surface area (Å²) in [5.41, 5.74) is 2.26. The van der Waals surface area contributed by atoms with Crippen LogP contribution in [-0.2, 0) is 4.79 Å². The summed E-state index contributed by atoms with van der Waals surface area (Å²) in [5, 5.41) is 25.5. The molecule has 26 heavy (non-hydrogen) atoms. The van der Waals surface area contributed by atoms with Crippen LogP contribution in [0.3, 0.4) is 0 Å². The molecule has 1 aliphatic rings. The lowest BCUT2D eigenvalue weighted by Gasteiger charge is -2.21.